The Morgan fingerprint density at radius 1 is 1.21 bits per heavy atom. The molecule has 2 fully saturated rings. The molecule has 1 aromatic carbocycles. The van der Waals surface area contributed by atoms with Crippen LogP contribution in [0, 0.1) is 0 Å². The van der Waals surface area contributed by atoms with Crippen LogP contribution in [-0.2, 0) is 5.54 Å². The Morgan fingerprint density at radius 3 is 2.47 bits per heavy atom. The number of benzene rings is 1. The van der Waals surface area contributed by atoms with Crippen LogP contribution in [0.5, 0.6) is 5.75 Å². The SMILES string of the molecule is COc1cc(C2(N)CCCCC2)cc(Cl)c1C1CC1. The van der Waals surface area contributed by atoms with Crippen LogP contribution in [0.15, 0.2) is 12.1 Å². The first-order valence-electron chi connectivity index (χ1n) is 7.31. The van der Waals surface area contributed by atoms with Crippen LogP contribution in [0.25, 0.3) is 0 Å². The number of rotatable bonds is 3. The van der Waals surface area contributed by atoms with Gasteiger partial charge in [0.15, 0.2) is 0 Å². The summed E-state index contributed by atoms with van der Waals surface area (Å²) in [6, 6.07) is 4.22. The summed E-state index contributed by atoms with van der Waals surface area (Å²) in [6.07, 6.45) is 8.27. The van der Waals surface area contributed by atoms with Crippen LogP contribution >= 0.6 is 11.6 Å². The third-order valence-electron chi connectivity index (χ3n) is 4.62. The zero-order chi connectivity index (χ0) is 13.5. The minimum Gasteiger partial charge on any atom is -0.496 e. The summed E-state index contributed by atoms with van der Waals surface area (Å²) >= 11 is 6.49. The monoisotopic (exact) mass is 279 g/mol. The average molecular weight is 280 g/mol. The molecular formula is C16H22ClNO. The molecule has 3 rings (SSSR count). The highest BCUT2D eigenvalue weighted by Gasteiger charge is 2.34. The molecule has 0 aliphatic heterocycles. The zero-order valence-electron chi connectivity index (χ0n) is 11.5. The van der Waals surface area contributed by atoms with E-state index >= 15 is 0 Å². The van der Waals surface area contributed by atoms with E-state index in [-0.39, 0.29) is 5.54 Å². The van der Waals surface area contributed by atoms with Crippen molar-refractivity contribution >= 4 is 11.6 Å². The number of hydrogen-bond acceptors (Lipinski definition) is 2. The maximum atomic E-state index is 6.60. The molecule has 1 aromatic rings. The molecule has 3 heteroatoms. The van der Waals surface area contributed by atoms with Crippen molar-refractivity contribution in [2.45, 2.75) is 56.4 Å². The molecule has 104 valence electrons. The summed E-state index contributed by atoms with van der Waals surface area (Å²) < 4.78 is 5.56. The molecule has 2 N–H and O–H groups in total. The maximum absolute atomic E-state index is 6.60. The quantitative estimate of drug-likeness (QED) is 0.893. The van der Waals surface area contributed by atoms with Crippen molar-refractivity contribution in [3.05, 3.63) is 28.3 Å². The first kappa shape index (κ1) is 13.3. The molecule has 0 amide bonds. The molecule has 0 radical (unpaired) electrons. The second kappa shape index (κ2) is 4.99. The van der Waals surface area contributed by atoms with E-state index in [1.54, 1.807) is 7.11 Å². The first-order chi connectivity index (χ1) is 9.14. The van der Waals surface area contributed by atoms with E-state index < -0.39 is 0 Å². The fourth-order valence-corrected chi connectivity index (χ4v) is 3.65. The molecular weight excluding hydrogens is 258 g/mol. The van der Waals surface area contributed by atoms with Crippen molar-refractivity contribution in [2.24, 2.45) is 5.73 Å². The smallest absolute Gasteiger partial charge is 0.124 e. The van der Waals surface area contributed by atoms with Crippen molar-refractivity contribution in [3.63, 3.8) is 0 Å². The molecule has 0 heterocycles. The summed E-state index contributed by atoms with van der Waals surface area (Å²) in [6.45, 7) is 0. The second-order valence-electron chi connectivity index (χ2n) is 6.07. The largest absolute Gasteiger partial charge is 0.496 e. The van der Waals surface area contributed by atoms with E-state index in [9.17, 15) is 0 Å². The van der Waals surface area contributed by atoms with E-state index in [1.165, 1.54) is 37.7 Å². The molecule has 0 spiro atoms. The molecule has 2 aliphatic rings. The minimum absolute atomic E-state index is 0.211. The van der Waals surface area contributed by atoms with E-state index in [1.807, 2.05) is 0 Å². The Balaban J connectivity index is 2.00. The van der Waals surface area contributed by atoms with E-state index in [0.29, 0.717) is 5.92 Å². The number of nitrogens with two attached hydrogens (primary N) is 1. The number of halogens is 1. The number of hydrogen-bond donors (Lipinski definition) is 1. The molecule has 0 saturated heterocycles. The molecule has 0 unspecified atom stereocenters. The van der Waals surface area contributed by atoms with Gasteiger partial charge in [0.2, 0.25) is 0 Å². The van der Waals surface area contributed by atoms with E-state index in [4.69, 9.17) is 22.1 Å². The summed E-state index contributed by atoms with van der Waals surface area (Å²) in [5, 5.41) is 0.840. The molecule has 2 saturated carbocycles. The lowest BCUT2D eigenvalue weighted by molar-refractivity contribution is 0.300. The lowest BCUT2D eigenvalue weighted by atomic mass is 9.77. The average Bonchev–Trinajstić information content (AvgIpc) is 3.23. The van der Waals surface area contributed by atoms with Gasteiger partial charge in [-0.25, -0.2) is 0 Å². The maximum Gasteiger partial charge on any atom is 0.124 e. The summed E-state index contributed by atoms with van der Waals surface area (Å²) in [4.78, 5) is 0. The topological polar surface area (TPSA) is 35.2 Å². The Morgan fingerprint density at radius 2 is 1.89 bits per heavy atom. The van der Waals surface area contributed by atoms with Gasteiger partial charge in [0.05, 0.1) is 7.11 Å². The van der Waals surface area contributed by atoms with Crippen molar-refractivity contribution in [1.29, 1.82) is 0 Å². The first-order valence-corrected chi connectivity index (χ1v) is 7.68. The van der Waals surface area contributed by atoms with Crippen LogP contribution in [0.1, 0.15) is 62.0 Å². The Bertz CT molecular complexity index is 476. The van der Waals surface area contributed by atoms with Gasteiger partial charge in [0.1, 0.15) is 5.75 Å². The fourth-order valence-electron chi connectivity index (χ4n) is 3.29. The van der Waals surface area contributed by atoms with Crippen LogP contribution in [0.3, 0.4) is 0 Å². The van der Waals surface area contributed by atoms with Gasteiger partial charge in [-0.2, -0.15) is 0 Å². The summed E-state index contributed by atoms with van der Waals surface area (Å²) in [5.41, 5.74) is 8.73. The Kier molecular flexibility index (Phi) is 3.48. The standard InChI is InChI=1S/C16H22ClNO/c1-19-14-10-12(16(18)7-3-2-4-8-16)9-13(17)15(14)11-5-6-11/h9-11H,2-8,18H2,1H3. The van der Waals surface area contributed by atoms with Gasteiger partial charge in [0, 0.05) is 16.1 Å². The molecule has 0 bridgehead atoms. The lowest BCUT2D eigenvalue weighted by Crippen LogP contribution is -2.38. The highest BCUT2D eigenvalue weighted by Crippen LogP contribution is 2.49. The van der Waals surface area contributed by atoms with Crippen molar-refractivity contribution in [1.82, 2.24) is 0 Å². The fraction of sp³-hybridized carbons (Fsp3) is 0.625. The number of methoxy groups -OCH3 is 1. The van der Waals surface area contributed by atoms with Gasteiger partial charge in [0.25, 0.3) is 0 Å². The predicted octanol–water partition coefficient (Wildman–Crippen LogP) is 4.34. The van der Waals surface area contributed by atoms with Gasteiger partial charge in [-0.3, -0.25) is 0 Å². The van der Waals surface area contributed by atoms with E-state index in [2.05, 4.69) is 12.1 Å². The Hall–Kier alpha value is -0.730. The third kappa shape index (κ3) is 2.48. The lowest BCUT2D eigenvalue weighted by Gasteiger charge is -2.34. The predicted molar refractivity (Wildman–Crippen MR) is 78.9 cm³/mol. The normalized spacial score (nSPS) is 22.3. The van der Waals surface area contributed by atoms with Gasteiger partial charge in [-0.05, 0) is 49.3 Å². The number of ether oxygens (including phenoxy) is 1. The molecule has 0 aromatic heterocycles. The highest BCUT2D eigenvalue weighted by atomic mass is 35.5. The summed E-state index contributed by atoms with van der Waals surface area (Å²) in [5.74, 6) is 1.52. The van der Waals surface area contributed by atoms with Crippen molar-refractivity contribution < 1.29 is 4.74 Å². The van der Waals surface area contributed by atoms with Gasteiger partial charge in [-0.1, -0.05) is 30.9 Å². The van der Waals surface area contributed by atoms with Crippen LogP contribution in [-0.4, -0.2) is 7.11 Å². The van der Waals surface area contributed by atoms with E-state index in [0.717, 1.165) is 29.2 Å². The third-order valence-corrected chi connectivity index (χ3v) is 4.93. The molecule has 2 aliphatic carbocycles. The zero-order valence-corrected chi connectivity index (χ0v) is 12.3. The molecule has 0 atom stereocenters. The second-order valence-corrected chi connectivity index (χ2v) is 6.47. The van der Waals surface area contributed by atoms with Gasteiger partial charge >= 0.3 is 0 Å². The van der Waals surface area contributed by atoms with Crippen molar-refractivity contribution in [3.8, 4) is 5.75 Å². The van der Waals surface area contributed by atoms with Crippen LogP contribution in [0.4, 0.5) is 0 Å². The van der Waals surface area contributed by atoms with Crippen LogP contribution < -0.4 is 10.5 Å². The highest BCUT2D eigenvalue weighted by molar-refractivity contribution is 6.31. The van der Waals surface area contributed by atoms with Crippen molar-refractivity contribution in [2.75, 3.05) is 7.11 Å². The Labute approximate surface area is 120 Å². The minimum atomic E-state index is -0.211. The molecule has 2 nitrogen and oxygen atoms in total. The van der Waals surface area contributed by atoms with Crippen LogP contribution in [0.2, 0.25) is 5.02 Å². The van der Waals surface area contributed by atoms with Gasteiger partial charge < -0.3 is 10.5 Å². The summed E-state index contributed by atoms with van der Waals surface area (Å²) in [7, 11) is 1.73. The van der Waals surface area contributed by atoms with Gasteiger partial charge in [-0.15, -0.1) is 0 Å². The molecule has 19 heavy (non-hydrogen) atoms.